The summed E-state index contributed by atoms with van der Waals surface area (Å²) >= 11 is 0. The number of ether oxygens (including phenoxy) is 1. The molecule has 6 nitrogen and oxygen atoms in total. The van der Waals surface area contributed by atoms with Gasteiger partial charge in [-0.3, -0.25) is 14.5 Å². The number of carbonyl (C=O) groups excluding carboxylic acids is 2. The number of hydrogen-bond acceptors (Lipinski definition) is 4. The Kier molecular flexibility index (Phi) is 3.69. The summed E-state index contributed by atoms with van der Waals surface area (Å²) in [5.74, 6) is -1.62. The van der Waals surface area contributed by atoms with Crippen molar-refractivity contribution >= 4 is 17.8 Å². The van der Waals surface area contributed by atoms with Crippen LogP contribution < -0.4 is 0 Å². The standard InChI is InChI=1S/C12H19NO5/c1-5-12(9(15)16)7-13(6-8(12)14)10(17)18-11(2,3)4/h5-7H2,1-4H3,(H,15,16). The molecule has 0 aromatic heterocycles. The summed E-state index contributed by atoms with van der Waals surface area (Å²) in [5.41, 5.74) is -2.14. The number of ketones is 1. The first-order valence-corrected chi connectivity index (χ1v) is 5.87. The van der Waals surface area contributed by atoms with Gasteiger partial charge in [-0.2, -0.15) is 0 Å². The van der Waals surface area contributed by atoms with Crippen LogP contribution in [0.25, 0.3) is 0 Å². The van der Waals surface area contributed by atoms with Crippen LogP contribution in [0.3, 0.4) is 0 Å². The Hall–Kier alpha value is -1.59. The van der Waals surface area contributed by atoms with E-state index in [9.17, 15) is 14.4 Å². The molecule has 18 heavy (non-hydrogen) atoms. The van der Waals surface area contributed by atoms with Gasteiger partial charge in [0.1, 0.15) is 11.0 Å². The zero-order valence-electron chi connectivity index (χ0n) is 11.1. The molecular weight excluding hydrogens is 238 g/mol. The monoisotopic (exact) mass is 257 g/mol. The van der Waals surface area contributed by atoms with E-state index in [1.165, 1.54) is 0 Å². The Labute approximate surface area is 106 Å². The third-order valence-corrected chi connectivity index (χ3v) is 2.99. The first kappa shape index (κ1) is 14.5. The minimum Gasteiger partial charge on any atom is -0.480 e. The highest BCUT2D eigenvalue weighted by atomic mass is 16.6. The van der Waals surface area contributed by atoms with E-state index in [0.717, 1.165) is 4.90 Å². The Morgan fingerprint density at radius 2 is 2.00 bits per heavy atom. The minimum absolute atomic E-state index is 0.118. The average molecular weight is 257 g/mol. The molecule has 1 atom stereocenters. The van der Waals surface area contributed by atoms with Crippen LogP contribution >= 0.6 is 0 Å². The van der Waals surface area contributed by atoms with Gasteiger partial charge in [-0.05, 0) is 27.2 Å². The predicted molar refractivity (Wildman–Crippen MR) is 63.2 cm³/mol. The number of hydrogen-bond donors (Lipinski definition) is 1. The van der Waals surface area contributed by atoms with Crippen molar-refractivity contribution in [2.24, 2.45) is 5.41 Å². The van der Waals surface area contributed by atoms with Gasteiger partial charge in [0.05, 0.1) is 6.54 Å². The fourth-order valence-electron chi connectivity index (χ4n) is 1.90. The minimum atomic E-state index is -1.48. The number of rotatable bonds is 2. The number of carboxylic acid groups (broad SMARTS) is 1. The molecule has 0 spiro atoms. The molecular formula is C12H19NO5. The zero-order chi connectivity index (χ0) is 14.1. The number of amides is 1. The molecule has 0 aromatic rings. The van der Waals surface area contributed by atoms with Crippen LogP contribution in [0, 0.1) is 5.41 Å². The molecule has 1 fully saturated rings. The van der Waals surface area contributed by atoms with Crippen molar-refractivity contribution in [3.63, 3.8) is 0 Å². The number of aliphatic carboxylic acids is 1. The molecule has 1 saturated heterocycles. The molecule has 1 heterocycles. The molecule has 1 aliphatic rings. The van der Waals surface area contributed by atoms with E-state index in [2.05, 4.69) is 0 Å². The zero-order valence-corrected chi connectivity index (χ0v) is 11.1. The molecule has 0 bridgehead atoms. The Bertz CT molecular complexity index is 384. The maximum atomic E-state index is 11.8. The summed E-state index contributed by atoms with van der Waals surface area (Å²) in [7, 11) is 0. The normalized spacial score (nSPS) is 24.2. The Morgan fingerprint density at radius 3 is 2.33 bits per heavy atom. The number of Topliss-reactive ketones (excluding diaryl/α,β-unsaturated/α-hetero) is 1. The summed E-state index contributed by atoms with van der Waals surface area (Å²) in [6, 6.07) is 0. The van der Waals surface area contributed by atoms with Crippen molar-refractivity contribution in [1.82, 2.24) is 4.90 Å². The number of carbonyl (C=O) groups is 3. The molecule has 1 aliphatic heterocycles. The lowest BCUT2D eigenvalue weighted by molar-refractivity contribution is -0.152. The summed E-state index contributed by atoms with van der Waals surface area (Å²) in [5, 5.41) is 9.17. The fourth-order valence-corrected chi connectivity index (χ4v) is 1.90. The summed E-state index contributed by atoms with van der Waals surface area (Å²) in [6.45, 7) is 6.46. The van der Waals surface area contributed by atoms with E-state index >= 15 is 0 Å². The summed E-state index contributed by atoms with van der Waals surface area (Å²) < 4.78 is 5.13. The van der Waals surface area contributed by atoms with Crippen molar-refractivity contribution in [2.75, 3.05) is 13.1 Å². The highest BCUT2D eigenvalue weighted by Gasteiger charge is 2.52. The van der Waals surface area contributed by atoms with E-state index in [1.807, 2.05) is 0 Å². The molecule has 6 heteroatoms. The Balaban J connectivity index is 2.84. The predicted octanol–water partition coefficient (Wildman–Crippen LogP) is 1.29. The van der Waals surface area contributed by atoms with E-state index < -0.39 is 28.9 Å². The van der Waals surface area contributed by atoms with Gasteiger partial charge in [-0.15, -0.1) is 0 Å². The SMILES string of the molecule is CCC1(C(=O)O)CN(C(=O)OC(C)(C)C)CC1=O. The van der Waals surface area contributed by atoms with Gasteiger partial charge >= 0.3 is 12.1 Å². The Morgan fingerprint density at radius 1 is 1.44 bits per heavy atom. The van der Waals surface area contributed by atoms with Gasteiger partial charge in [-0.25, -0.2) is 4.79 Å². The summed E-state index contributed by atoms with van der Waals surface area (Å²) in [4.78, 5) is 36.0. The van der Waals surface area contributed by atoms with Crippen molar-refractivity contribution in [3.8, 4) is 0 Å². The topological polar surface area (TPSA) is 83.9 Å². The molecule has 0 saturated carbocycles. The van der Waals surface area contributed by atoms with Crippen molar-refractivity contribution in [1.29, 1.82) is 0 Å². The van der Waals surface area contributed by atoms with Crippen LogP contribution in [0.1, 0.15) is 34.1 Å². The molecule has 0 radical (unpaired) electrons. The second-order valence-corrected chi connectivity index (χ2v) is 5.50. The van der Waals surface area contributed by atoms with E-state index in [-0.39, 0.29) is 19.5 Å². The first-order valence-electron chi connectivity index (χ1n) is 5.87. The van der Waals surface area contributed by atoms with Crippen LogP contribution in [0.15, 0.2) is 0 Å². The maximum Gasteiger partial charge on any atom is 0.410 e. The van der Waals surface area contributed by atoms with Gasteiger partial charge in [-0.1, -0.05) is 6.92 Å². The number of likely N-dealkylation sites (tertiary alicyclic amines) is 1. The molecule has 0 aromatic carbocycles. The number of carboxylic acids is 1. The smallest absolute Gasteiger partial charge is 0.410 e. The molecule has 0 aliphatic carbocycles. The van der Waals surface area contributed by atoms with Crippen LogP contribution in [0.5, 0.6) is 0 Å². The van der Waals surface area contributed by atoms with Crippen molar-refractivity contribution in [2.45, 2.75) is 39.7 Å². The van der Waals surface area contributed by atoms with Gasteiger partial charge in [0.2, 0.25) is 0 Å². The van der Waals surface area contributed by atoms with Crippen molar-refractivity contribution in [3.05, 3.63) is 0 Å². The van der Waals surface area contributed by atoms with Crippen LogP contribution in [-0.4, -0.2) is 46.5 Å². The maximum absolute atomic E-state index is 11.8. The average Bonchev–Trinajstić information content (AvgIpc) is 2.54. The lowest BCUT2D eigenvalue weighted by Crippen LogP contribution is -2.40. The van der Waals surface area contributed by atoms with Crippen molar-refractivity contribution < 1.29 is 24.2 Å². The lowest BCUT2D eigenvalue weighted by Gasteiger charge is -2.25. The second kappa shape index (κ2) is 4.59. The molecule has 1 rings (SSSR count). The van der Waals surface area contributed by atoms with E-state index in [4.69, 9.17) is 9.84 Å². The quantitative estimate of drug-likeness (QED) is 0.753. The lowest BCUT2D eigenvalue weighted by atomic mass is 9.83. The van der Waals surface area contributed by atoms with Crippen LogP contribution in [0.4, 0.5) is 4.79 Å². The first-order chi connectivity index (χ1) is 8.12. The molecule has 1 amide bonds. The van der Waals surface area contributed by atoms with Gasteiger partial charge in [0.15, 0.2) is 5.78 Å². The third-order valence-electron chi connectivity index (χ3n) is 2.99. The van der Waals surface area contributed by atoms with Crippen LogP contribution in [0.2, 0.25) is 0 Å². The second-order valence-electron chi connectivity index (χ2n) is 5.50. The van der Waals surface area contributed by atoms with Gasteiger partial charge in [0.25, 0.3) is 0 Å². The largest absolute Gasteiger partial charge is 0.480 e. The van der Waals surface area contributed by atoms with Gasteiger partial charge in [0, 0.05) is 6.54 Å². The van der Waals surface area contributed by atoms with E-state index in [1.54, 1.807) is 27.7 Å². The fraction of sp³-hybridized carbons (Fsp3) is 0.750. The third kappa shape index (κ3) is 2.63. The summed E-state index contributed by atoms with van der Waals surface area (Å²) in [6.07, 6.45) is -0.479. The van der Waals surface area contributed by atoms with Crippen LogP contribution in [-0.2, 0) is 14.3 Å². The molecule has 1 unspecified atom stereocenters. The highest BCUT2D eigenvalue weighted by molar-refractivity contribution is 6.07. The number of nitrogens with zero attached hydrogens (tertiary/aromatic N) is 1. The van der Waals surface area contributed by atoms with Gasteiger partial charge < -0.3 is 9.84 Å². The molecule has 102 valence electrons. The highest BCUT2D eigenvalue weighted by Crippen LogP contribution is 2.32. The van der Waals surface area contributed by atoms with E-state index in [0.29, 0.717) is 0 Å². The molecule has 1 N–H and O–H groups in total.